The van der Waals surface area contributed by atoms with Crippen molar-refractivity contribution in [1.29, 1.82) is 0 Å². The standard InChI is InChI=1S/C22H28FN3O/c1-3-26(17(2)19-9-11-20(23)12-10-19)22(27)24-21-13-14-25(16-21)15-18-7-5-4-6-8-18/h4-12,17,21H,3,13-16H2,1-2H3,(H,24,27). The maximum Gasteiger partial charge on any atom is 0.318 e. The molecule has 1 fully saturated rings. The third-order valence-corrected chi connectivity index (χ3v) is 5.27. The lowest BCUT2D eigenvalue weighted by molar-refractivity contribution is 0.178. The number of hydrogen-bond acceptors (Lipinski definition) is 2. The Kier molecular flexibility index (Phi) is 6.45. The van der Waals surface area contributed by atoms with Gasteiger partial charge in [0, 0.05) is 32.2 Å². The highest BCUT2D eigenvalue weighted by Gasteiger charge is 2.27. The first kappa shape index (κ1) is 19.4. The molecule has 0 radical (unpaired) electrons. The number of carbonyl (C=O) groups is 1. The van der Waals surface area contributed by atoms with Gasteiger partial charge in [-0.1, -0.05) is 42.5 Å². The van der Waals surface area contributed by atoms with Gasteiger partial charge in [-0.15, -0.1) is 0 Å². The Morgan fingerprint density at radius 1 is 1.22 bits per heavy atom. The Morgan fingerprint density at radius 3 is 2.59 bits per heavy atom. The summed E-state index contributed by atoms with van der Waals surface area (Å²) < 4.78 is 13.2. The summed E-state index contributed by atoms with van der Waals surface area (Å²) in [7, 11) is 0. The van der Waals surface area contributed by atoms with Gasteiger partial charge in [0.1, 0.15) is 5.82 Å². The summed E-state index contributed by atoms with van der Waals surface area (Å²) in [4.78, 5) is 17.0. The van der Waals surface area contributed by atoms with Crippen LogP contribution < -0.4 is 5.32 Å². The predicted molar refractivity (Wildman–Crippen MR) is 106 cm³/mol. The van der Waals surface area contributed by atoms with E-state index in [-0.39, 0.29) is 23.9 Å². The predicted octanol–water partition coefficient (Wildman–Crippen LogP) is 4.19. The zero-order valence-electron chi connectivity index (χ0n) is 16.1. The lowest BCUT2D eigenvalue weighted by atomic mass is 10.1. The molecular weight excluding hydrogens is 341 g/mol. The second-order valence-corrected chi connectivity index (χ2v) is 7.17. The molecule has 0 aliphatic carbocycles. The zero-order valence-corrected chi connectivity index (χ0v) is 16.1. The molecule has 1 aliphatic heterocycles. The maximum absolute atomic E-state index is 13.2. The van der Waals surface area contributed by atoms with E-state index in [0.29, 0.717) is 6.54 Å². The smallest absolute Gasteiger partial charge is 0.318 e. The molecule has 1 saturated heterocycles. The molecule has 144 valence electrons. The number of hydrogen-bond donors (Lipinski definition) is 1. The molecule has 2 atom stereocenters. The summed E-state index contributed by atoms with van der Waals surface area (Å²) in [5.74, 6) is -0.261. The van der Waals surface area contributed by atoms with Crippen LogP contribution in [0.4, 0.5) is 9.18 Å². The Hall–Kier alpha value is -2.40. The fourth-order valence-corrected chi connectivity index (χ4v) is 3.71. The summed E-state index contributed by atoms with van der Waals surface area (Å²) in [6.45, 7) is 7.31. The van der Waals surface area contributed by atoms with Crippen molar-refractivity contribution in [3.63, 3.8) is 0 Å². The normalized spacial score (nSPS) is 18.3. The molecule has 2 amide bonds. The van der Waals surface area contributed by atoms with Gasteiger partial charge in [0.15, 0.2) is 0 Å². The topological polar surface area (TPSA) is 35.6 Å². The molecule has 27 heavy (non-hydrogen) atoms. The van der Waals surface area contributed by atoms with Crippen molar-refractivity contribution < 1.29 is 9.18 Å². The van der Waals surface area contributed by atoms with E-state index in [4.69, 9.17) is 0 Å². The number of rotatable bonds is 6. The van der Waals surface area contributed by atoms with Gasteiger partial charge in [0.05, 0.1) is 6.04 Å². The molecule has 0 aromatic heterocycles. The van der Waals surface area contributed by atoms with Crippen LogP contribution in [-0.4, -0.2) is 41.5 Å². The Bertz CT molecular complexity index is 735. The average molecular weight is 369 g/mol. The Labute approximate surface area is 161 Å². The minimum absolute atomic E-state index is 0.0547. The van der Waals surface area contributed by atoms with Crippen LogP contribution >= 0.6 is 0 Å². The van der Waals surface area contributed by atoms with E-state index in [1.807, 2.05) is 19.9 Å². The van der Waals surface area contributed by atoms with Gasteiger partial charge in [-0.05, 0) is 43.5 Å². The van der Waals surface area contributed by atoms with Crippen molar-refractivity contribution in [3.8, 4) is 0 Å². The third kappa shape index (κ3) is 5.07. The van der Waals surface area contributed by atoms with E-state index in [9.17, 15) is 9.18 Å². The molecule has 0 spiro atoms. The zero-order chi connectivity index (χ0) is 19.2. The monoisotopic (exact) mass is 369 g/mol. The lowest BCUT2D eigenvalue weighted by Gasteiger charge is -2.30. The second-order valence-electron chi connectivity index (χ2n) is 7.17. The number of nitrogens with zero attached hydrogens (tertiary/aromatic N) is 2. The summed E-state index contributed by atoms with van der Waals surface area (Å²) in [6.07, 6.45) is 0.959. The van der Waals surface area contributed by atoms with Crippen LogP contribution in [0.2, 0.25) is 0 Å². The van der Waals surface area contributed by atoms with Crippen LogP contribution in [0.5, 0.6) is 0 Å². The van der Waals surface area contributed by atoms with E-state index >= 15 is 0 Å². The quantitative estimate of drug-likeness (QED) is 0.829. The van der Waals surface area contributed by atoms with Gasteiger partial charge in [-0.25, -0.2) is 9.18 Å². The van der Waals surface area contributed by atoms with Gasteiger partial charge in [0.25, 0.3) is 0 Å². The minimum atomic E-state index is -0.261. The summed E-state index contributed by atoms with van der Waals surface area (Å²) in [5, 5.41) is 3.18. The molecule has 1 aliphatic rings. The summed E-state index contributed by atoms with van der Waals surface area (Å²) >= 11 is 0. The van der Waals surface area contributed by atoms with Crippen molar-refractivity contribution in [2.45, 2.75) is 38.9 Å². The SMILES string of the molecule is CCN(C(=O)NC1CCN(Cc2ccccc2)C1)C(C)c1ccc(F)cc1. The van der Waals surface area contributed by atoms with E-state index in [0.717, 1.165) is 31.6 Å². The third-order valence-electron chi connectivity index (χ3n) is 5.27. The molecule has 2 unspecified atom stereocenters. The highest BCUT2D eigenvalue weighted by molar-refractivity contribution is 5.75. The average Bonchev–Trinajstić information content (AvgIpc) is 3.10. The second kappa shape index (κ2) is 9.00. The number of halogens is 1. The fourth-order valence-electron chi connectivity index (χ4n) is 3.71. The Balaban J connectivity index is 1.54. The van der Waals surface area contributed by atoms with Gasteiger partial charge in [0.2, 0.25) is 0 Å². The summed E-state index contributed by atoms with van der Waals surface area (Å²) in [5.41, 5.74) is 2.23. The van der Waals surface area contributed by atoms with E-state index in [1.165, 1.54) is 17.7 Å². The van der Waals surface area contributed by atoms with Crippen LogP contribution in [0, 0.1) is 5.82 Å². The molecule has 0 bridgehead atoms. The maximum atomic E-state index is 13.2. The van der Waals surface area contributed by atoms with Gasteiger partial charge >= 0.3 is 6.03 Å². The molecule has 4 nitrogen and oxygen atoms in total. The van der Waals surface area contributed by atoms with Crippen molar-refractivity contribution in [2.75, 3.05) is 19.6 Å². The molecule has 3 rings (SSSR count). The molecule has 1 heterocycles. The molecule has 0 saturated carbocycles. The van der Waals surface area contributed by atoms with Gasteiger partial charge in [-0.3, -0.25) is 4.90 Å². The van der Waals surface area contributed by atoms with Crippen molar-refractivity contribution in [2.24, 2.45) is 0 Å². The lowest BCUT2D eigenvalue weighted by Crippen LogP contribution is -2.46. The van der Waals surface area contributed by atoms with Crippen LogP contribution in [0.1, 0.15) is 37.4 Å². The van der Waals surface area contributed by atoms with Crippen molar-refractivity contribution >= 4 is 6.03 Å². The number of nitrogens with one attached hydrogen (secondary N) is 1. The van der Waals surface area contributed by atoms with Gasteiger partial charge in [-0.2, -0.15) is 0 Å². The number of amides is 2. The first-order valence-corrected chi connectivity index (χ1v) is 9.65. The highest BCUT2D eigenvalue weighted by atomic mass is 19.1. The van der Waals surface area contributed by atoms with E-state index in [1.54, 1.807) is 17.0 Å². The number of carbonyl (C=O) groups excluding carboxylic acids is 1. The number of benzene rings is 2. The molecular formula is C22H28FN3O. The van der Waals surface area contributed by atoms with E-state index in [2.05, 4.69) is 34.5 Å². The minimum Gasteiger partial charge on any atom is -0.334 e. The van der Waals surface area contributed by atoms with Crippen molar-refractivity contribution in [3.05, 3.63) is 71.5 Å². The van der Waals surface area contributed by atoms with Crippen LogP contribution in [-0.2, 0) is 6.54 Å². The molecule has 5 heteroatoms. The van der Waals surface area contributed by atoms with Crippen LogP contribution in [0.15, 0.2) is 54.6 Å². The summed E-state index contributed by atoms with van der Waals surface area (Å²) in [6, 6.07) is 16.8. The first-order chi connectivity index (χ1) is 13.1. The van der Waals surface area contributed by atoms with Crippen molar-refractivity contribution in [1.82, 2.24) is 15.1 Å². The molecule has 2 aromatic carbocycles. The highest BCUT2D eigenvalue weighted by Crippen LogP contribution is 2.21. The van der Waals surface area contributed by atoms with E-state index < -0.39 is 0 Å². The Morgan fingerprint density at radius 2 is 1.93 bits per heavy atom. The molecule has 2 aromatic rings. The first-order valence-electron chi connectivity index (χ1n) is 9.65. The van der Waals surface area contributed by atoms with Gasteiger partial charge < -0.3 is 10.2 Å². The van der Waals surface area contributed by atoms with Crippen LogP contribution in [0.25, 0.3) is 0 Å². The fraction of sp³-hybridized carbons (Fsp3) is 0.409. The van der Waals surface area contributed by atoms with Crippen LogP contribution in [0.3, 0.4) is 0 Å². The largest absolute Gasteiger partial charge is 0.334 e. The molecule has 1 N–H and O–H groups in total. The number of urea groups is 1. The number of likely N-dealkylation sites (tertiary alicyclic amines) is 1.